The van der Waals surface area contributed by atoms with Gasteiger partial charge in [-0.25, -0.2) is 14.3 Å². The molecule has 3 aromatic rings. The number of nitrogens with one attached hydrogen (secondary N) is 2. The smallest absolute Gasteiger partial charge is 0.414 e. The second kappa shape index (κ2) is 11.2. The molecule has 0 fully saturated rings. The van der Waals surface area contributed by atoms with Gasteiger partial charge in [-0.15, -0.1) is 0 Å². The summed E-state index contributed by atoms with van der Waals surface area (Å²) in [4.78, 5) is 40.4. The third-order valence-electron chi connectivity index (χ3n) is 5.39. The summed E-state index contributed by atoms with van der Waals surface area (Å²) in [6, 6.07) is 9.31. The van der Waals surface area contributed by atoms with Crippen LogP contribution in [0.25, 0.3) is 11.0 Å². The summed E-state index contributed by atoms with van der Waals surface area (Å²) in [7, 11) is 3.74. The first-order valence-electron chi connectivity index (χ1n) is 11.0. The highest BCUT2D eigenvalue weighted by molar-refractivity contribution is 7.90. The highest BCUT2D eigenvalue weighted by Crippen LogP contribution is 2.33. The van der Waals surface area contributed by atoms with Crippen LogP contribution in [0.1, 0.15) is 16.7 Å². The zero-order valence-corrected chi connectivity index (χ0v) is 22.5. The largest absolute Gasteiger partial charge is 0.422 e. The zero-order chi connectivity index (χ0) is 27.5. The van der Waals surface area contributed by atoms with Crippen LogP contribution in [0.5, 0.6) is 5.75 Å². The van der Waals surface area contributed by atoms with Crippen LogP contribution < -0.4 is 19.8 Å². The number of rotatable bonds is 8. The van der Waals surface area contributed by atoms with Crippen molar-refractivity contribution < 1.29 is 27.2 Å². The maximum Gasteiger partial charge on any atom is 0.414 e. The molecule has 0 radical (unpaired) electrons. The lowest BCUT2D eigenvalue weighted by molar-refractivity contribution is -0.127. The molecular formula is C24H27ClN4O7S. The van der Waals surface area contributed by atoms with Crippen LogP contribution >= 0.6 is 11.6 Å². The van der Waals surface area contributed by atoms with E-state index in [-0.39, 0.29) is 40.7 Å². The van der Waals surface area contributed by atoms with Gasteiger partial charge in [0.15, 0.2) is 5.75 Å². The third-order valence-corrected chi connectivity index (χ3v) is 6.73. The molecule has 2 N–H and O–H groups in total. The molecule has 3 rings (SSSR count). The van der Waals surface area contributed by atoms with Crippen molar-refractivity contribution in [3.05, 3.63) is 68.5 Å². The summed E-state index contributed by atoms with van der Waals surface area (Å²) in [6.45, 7) is 0. The Morgan fingerprint density at radius 3 is 2.38 bits per heavy atom. The molecule has 0 saturated heterocycles. The second-order valence-corrected chi connectivity index (χ2v) is 10.6. The highest BCUT2D eigenvalue weighted by Gasteiger charge is 2.22. The van der Waals surface area contributed by atoms with Gasteiger partial charge in [-0.1, -0.05) is 23.7 Å². The van der Waals surface area contributed by atoms with Crippen molar-refractivity contribution in [2.75, 3.05) is 40.0 Å². The number of benzene rings is 2. The van der Waals surface area contributed by atoms with Crippen LogP contribution in [0, 0.1) is 0 Å². The van der Waals surface area contributed by atoms with Gasteiger partial charge in [0.1, 0.15) is 5.58 Å². The van der Waals surface area contributed by atoms with Crippen LogP contribution in [-0.4, -0.2) is 65.5 Å². The van der Waals surface area contributed by atoms with Gasteiger partial charge in [0.2, 0.25) is 5.91 Å². The molecule has 2 aromatic carbocycles. The summed E-state index contributed by atoms with van der Waals surface area (Å²) in [5, 5.41) is 0.496. The van der Waals surface area contributed by atoms with Crippen LogP contribution in [0.3, 0.4) is 0 Å². The van der Waals surface area contributed by atoms with Crippen molar-refractivity contribution in [3.63, 3.8) is 0 Å². The van der Waals surface area contributed by atoms with Crippen molar-refractivity contribution in [2.24, 2.45) is 0 Å². The first-order chi connectivity index (χ1) is 17.3. The predicted octanol–water partition coefficient (Wildman–Crippen LogP) is 2.60. The maximum absolute atomic E-state index is 13.1. The summed E-state index contributed by atoms with van der Waals surface area (Å²) in [6.07, 6.45) is -0.737. The summed E-state index contributed by atoms with van der Waals surface area (Å²) in [5.74, 6) is -0.263. The molecule has 13 heteroatoms. The van der Waals surface area contributed by atoms with E-state index in [1.165, 1.54) is 43.1 Å². The van der Waals surface area contributed by atoms with Gasteiger partial charge in [-0.2, -0.15) is 8.42 Å². The van der Waals surface area contributed by atoms with Crippen molar-refractivity contribution in [2.45, 2.75) is 12.8 Å². The Hall–Kier alpha value is -3.61. The Morgan fingerprint density at radius 2 is 1.76 bits per heavy atom. The number of nitrogens with zero attached hydrogens (tertiary/aromatic N) is 2. The number of carbonyl (C=O) groups excluding carboxylic acids is 2. The molecule has 0 aliphatic heterocycles. The van der Waals surface area contributed by atoms with Crippen LogP contribution in [0.4, 0.5) is 10.5 Å². The molecule has 1 aromatic heterocycles. The molecule has 37 heavy (non-hydrogen) atoms. The Bertz CT molecular complexity index is 1520. The minimum absolute atomic E-state index is 0.00169. The van der Waals surface area contributed by atoms with E-state index in [9.17, 15) is 22.8 Å². The average Bonchev–Trinajstić information content (AvgIpc) is 2.82. The zero-order valence-electron chi connectivity index (χ0n) is 20.9. The molecule has 0 unspecified atom stereocenters. The van der Waals surface area contributed by atoms with Gasteiger partial charge in [-0.05, 0) is 29.3 Å². The highest BCUT2D eigenvalue weighted by atomic mass is 35.5. The fourth-order valence-electron chi connectivity index (χ4n) is 3.41. The number of likely N-dealkylation sites (N-methyl/N-ethyl adjacent to an activating group) is 1. The Labute approximate surface area is 219 Å². The summed E-state index contributed by atoms with van der Waals surface area (Å²) in [5.41, 5.74) is 0.908. The molecule has 11 nitrogen and oxygen atoms in total. The number of hydrogen-bond donors (Lipinski definition) is 2. The standard InChI is InChI=1S/C24H27ClN4O7S/c1-26-37(33,34)27-15-8-6-7-14(9-15)10-18-16(12-22(30)28(2)3)17-11-19(25)21(36-24(32)29(4)5)13-20(17)35-23(18)31/h6-9,11,13,26-27H,10,12H2,1-5H3. The SMILES string of the molecule is CNS(=O)(=O)Nc1cccc(Cc2c(CC(=O)N(C)C)c3cc(Cl)c(OC(=O)N(C)C)cc3oc2=O)c1. The molecule has 0 aliphatic rings. The van der Waals surface area contributed by atoms with Crippen molar-refractivity contribution in [1.82, 2.24) is 14.5 Å². The van der Waals surface area contributed by atoms with Gasteiger partial charge in [0.25, 0.3) is 10.2 Å². The molecule has 2 amide bonds. The second-order valence-electron chi connectivity index (χ2n) is 8.54. The number of halogens is 1. The van der Waals surface area contributed by atoms with Gasteiger partial charge >= 0.3 is 11.7 Å². The van der Waals surface area contributed by atoms with E-state index < -0.39 is 21.9 Å². The van der Waals surface area contributed by atoms with Gasteiger partial charge in [-0.3, -0.25) is 9.52 Å². The van der Waals surface area contributed by atoms with Crippen LogP contribution in [0.15, 0.2) is 45.6 Å². The average molecular weight is 551 g/mol. The van der Waals surface area contributed by atoms with E-state index in [0.717, 1.165) is 0 Å². The van der Waals surface area contributed by atoms with Gasteiger partial charge in [0.05, 0.1) is 17.1 Å². The van der Waals surface area contributed by atoms with E-state index in [0.29, 0.717) is 22.2 Å². The van der Waals surface area contributed by atoms with Gasteiger partial charge < -0.3 is 19.0 Å². The third kappa shape index (κ3) is 6.79. The number of carbonyl (C=O) groups is 2. The summed E-state index contributed by atoms with van der Waals surface area (Å²) >= 11 is 6.39. The van der Waals surface area contributed by atoms with Crippen LogP contribution in [-0.2, 0) is 27.8 Å². The Kier molecular flexibility index (Phi) is 8.46. The lowest BCUT2D eigenvalue weighted by atomic mass is 9.95. The number of fused-ring (bicyclic) bond motifs is 1. The molecular weight excluding hydrogens is 524 g/mol. The number of amides is 2. The van der Waals surface area contributed by atoms with E-state index in [2.05, 4.69) is 9.44 Å². The minimum Gasteiger partial charge on any atom is -0.422 e. The molecule has 0 atom stereocenters. The number of anilines is 1. The van der Waals surface area contributed by atoms with Gasteiger partial charge in [0, 0.05) is 58.7 Å². The molecule has 0 saturated carbocycles. The normalized spacial score (nSPS) is 11.3. The maximum atomic E-state index is 13.1. The predicted molar refractivity (Wildman–Crippen MR) is 140 cm³/mol. The minimum atomic E-state index is -3.74. The fraction of sp³-hybridized carbons (Fsp3) is 0.292. The van der Waals surface area contributed by atoms with E-state index in [1.807, 2.05) is 0 Å². The van der Waals surface area contributed by atoms with Crippen molar-refractivity contribution in [1.29, 1.82) is 0 Å². The fourth-order valence-corrected chi connectivity index (χ4v) is 4.15. The number of hydrogen-bond acceptors (Lipinski definition) is 7. The van der Waals surface area contributed by atoms with Crippen LogP contribution in [0.2, 0.25) is 5.02 Å². The first-order valence-corrected chi connectivity index (χ1v) is 12.8. The lowest BCUT2D eigenvalue weighted by Crippen LogP contribution is -2.26. The van der Waals surface area contributed by atoms with E-state index >= 15 is 0 Å². The molecule has 1 heterocycles. The quantitative estimate of drug-likeness (QED) is 0.411. The molecule has 0 spiro atoms. The number of ether oxygens (including phenoxy) is 1. The molecule has 198 valence electrons. The lowest BCUT2D eigenvalue weighted by Gasteiger charge is -2.16. The Morgan fingerprint density at radius 1 is 1.05 bits per heavy atom. The topological polar surface area (TPSA) is 138 Å². The summed E-state index contributed by atoms with van der Waals surface area (Å²) < 4.78 is 39.1. The van der Waals surface area contributed by atoms with Crippen molar-refractivity contribution >= 4 is 50.5 Å². The van der Waals surface area contributed by atoms with E-state index in [1.54, 1.807) is 38.4 Å². The molecule has 0 aliphatic carbocycles. The van der Waals surface area contributed by atoms with E-state index in [4.69, 9.17) is 20.8 Å². The molecule has 0 bridgehead atoms. The van der Waals surface area contributed by atoms with Crippen molar-refractivity contribution in [3.8, 4) is 5.75 Å². The first kappa shape index (κ1) is 28.0. The Balaban J connectivity index is 2.14. The monoisotopic (exact) mass is 550 g/mol.